The predicted octanol–water partition coefficient (Wildman–Crippen LogP) is 3.68. The van der Waals surface area contributed by atoms with Crippen molar-refractivity contribution in [2.45, 2.75) is 58.9 Å². The number of likely N-dealkylation sites (tertiary alicyclic amines) is 1. The minimum Gasteiger partial charge on any atom is -0.338 e. The number of halogens is 1. The van der Waals surface area contributed by atoms with Crippen molar-refractivity contribution in [1.82, 2.24) is 4.90 Å². The topological polar surface area (TPSA) is 20.3 Å². The summed E-state index contributed by atoms with van der Waals surface area (Å²) in [5.74, 6) is 1.69. The van der Waals surface area contributed by atoms with Gasteiger partial charge in [0.25, 0.3) is 0 Å². The Morgan fingerprint density at radius 2 is 2.18 bits per heavy atom. The summed E-state index contributed by atoms with van der Waals surface area (Å²) in [7, 11) is 0. The van der Waals surface area contributed by atoms with Crippen LogP contribution < -0.4 is 0 Å². The molecule has 1 saturated heterocycles. The highest BCUT2D eigenvalue weighted by Gasteiger charge is 2.35. The van der Waals surface area contributed by atoms with Crippen LogP contribution in [0.2, 0.25) is 0 Å². The fourth-order valence-electron chi connectivity index (χ4n) is 2.70. The third-order valence-electron chi connectivity index (χ3n) is 4.07. The highest BCUT2D eigenvalue weighted by atomic mass is 35.5. The van der Waals surface area contributed by atoms with E-state index in [4.69, 9.17) is 11.6 Å². The maximum absolute atomic E-state index is 12.5. The summed E-state index contributed by atoms with van der Waals surface area (Å²) in [6.45, 7) is 7.40. The van der Waals surface area contributed by atoms with Gasteiger partial charge in [-0.25, -0.2) is 0 Å². The van der Waals surface area contributed by atoms with Gasteiger partial charge in [-0.1, -0.05) is 33.6 Å². The summed E-state index contributed by atoms with van der Waals surface area (Å²) in [6, 6.07) is 0.264. The van der Waals surface area contributed by atoms with Gasteiger partial charge in [-0.3, -0.25) is 4.79 Å². The molecule has 1 aliphatic heterocycles. The fraction of sp³-hybridized carbons (Fsp3) is 0.929. The second-order valence-electron chi connectivity index (χ2n) is 5.27. The van der Waals surface area contributed by atoms with Crippen LogP contribution in [0, 0.1) is 11.8 Å². The number of amides is 1. The molecule has 0 aromatic heterocycles. The molecule has 0 aromatic carbocycles. The van der Waals surface area contributed by atoms with E-state index < -0.39 is 0 Å². The summed E-state index contributed by atoms with van der Waals surface area (Å²) in [5, 5.41) is 0. The van der Waals surface area contributed by atoms with Crippen molar-refractivity contribution in [2.75, 3.05) is 12.4 Å². The molecule has 1 heterocycles. The Hall–Kier alpha value is -0.240. The average Bonchev–Trinajstić information content (AvgIpc) is 2.71. The molecule has 0 saturated carbocycles. The molecular weight excluding hydrogens is 234 g/mol. The summed E-state index contributed by atoms with van der Waals surface area (Å²) >= 11 is 6.00. The van der Waals surface area contributed by atoms with E-state index in [0.717, 1.165) is 32.2 Å². The van der Waals surface area contributed by atoms with E-state index in [1.165, 1.54) is 6.42 Å². The quantitative estimate of drug-likeness (QED) is 0.667. The van der Waals surface area contributed by atoms with Crippen LogP contribution in [0.4, 0.5) is 0 Å². The number of hydrogen-bond donors (Lipinski definition) is 0. The number of hydrogen-bond acceptors (Lipinski definition) is 1. The third kappa shape index (κ3) is 3.61. The Balaban J connectivity index is 2.60. The first-order valence-corrected chi connectivity index (χ1v) is 7.55. The Labute approximate surface area is 111 Å². The summed E-state index contributed by atoms with van der Waals surface area (Å²) < 4.78 is 0. The SMILES string of the molecule is CCCCC(CC)C(=O)N1CCC(C)C1CCl. The fourth-order valence-corrected chi connectivity index (χ4v) is 3.18. The van der Waals surface area contributed by atoms with Crippen LogP contribution in [-0.2, 0) is 4.79 Å². The average molecular weight is 260 g/mol. The van der Waals surface area contributed by atoms with Gasteiger partial charge in [0.2, 0.25) is 5.91 Å². The van der Waals surface area contributed by atoms with Gasteiger partial charge in [0, 0.05) is 24.4 Å². The van der Waals surface area contributed by atoms with Crippen molar-refractivity contribution in [1.29, 1.82) is 0 Å². The minimum absolute atomic E-state index is 0.214. The highest BCUT2D eigenvalue weighted by Crippen LogP contribution is 2.28. The monoisotopic (exact) mass is 259 g/mol. The zero-order valence-corrected chi connectivity index (χ0v) is 12.2. The van der Waals surface area contributed by atoms with Crippen molar-refractivity contribution in [3.05, 3.63) is 0 Å². The number of rotatable bonds is 6. The molecule has 1 rings (SSSR count). The van der Waals surface area contributed by atoms with Gasteiger partial charge in [0.15, 0.2) is 0 Å². The molecule has 0 aromatic rings. The molecule has 17 heavy (non-hydrogen) atoms. The molecule has 2 nitrogen and oxygen atoms in total. The molecule has 0 N–H and O–H groups in total. The first kappa shape index (κ1) is 14.8. The van der Waals surface area contributed by atoms with Gasteiger partial charge in [-0.05, 0) is 25.2 Å². The van der Waals surface area contributed by atoms with Crippen molar-refractivity contribution in [2.24, 2.45) is 11.8 Å². The largest absolute Gasteiger partial charge is 0.338 e. The van der Waals surface area contributed by atoms with Gasteiger partial charge in [-0.15, -0.1) is 11.6 Å². The lowest BCUT2D eigenvalue weighted by molar-refractivity contribution is -0.136. The maximum atomic E-state index is 12.5. The Kier molecular flexibility index (Phi) is 6.32. The lowest BCUT2D eigenvalue weighted by Gasteiger charge is -2.29. The molecule has 1 amide bonds. The van der Waals surface area contributed by atoms with Crippen LogP contribution in [0.5, 0.6) is 0 Å². The Morgan fingerprint density at radius 1 is 1.47 bits per heavy atom. The van der Waals surface area contributed by atoms with Gasteiger partial charge >= 0.3 is 0 Å². The molecule has 100 valence electrons. The van der Waals surface area contributed by atoms with Crippen LogP contribution in [0.15, 0.2) is 0 Å². The number of unbranched alkanes of at least 4 members (excludes halogenated alkanes) is 1. The van der Waals surface area contributed by atoms with Crippen LogP contribution in [0.3, 0.4) is 0 Å². The van der Waals surface area contributed by atoms with Crippen LogP contribution >= 0.6 is 11.6 Å². The zero-order chi connectivity index (χ0) is 12.8. The van der Waals surface area contributed by atoms with E-state index in [1.807, 2.05) is 4.90 Å². The van der Waals surface area contributed by atoms with Gasteiger partial charge in [0.1, 0.15) is 0 Å². The molecular formula is C14H26ClNO. The molecule has 0 bridgehead atoms. The van der Waals surface area contributed by atoms with E-state index in [1.54, 1.807) is 0 Å². The molecule has 0 spiro atoms. The second kappa shape index (κ2) is 7.25. The van der Waals surface area contributed by atoms with E-state index in [2.05, 4.69) is 20.8 Å². The zero-order valence-electron chi connectivity index (χ0n) is 11.4. The number of carbonyl (C=O) groups is 1. The number of nitrogens with zero attached hydrogens (tertiary/aromatic N) is 1. The van der Waals surface area contributed by atoms with Gasteiger partial charge in [0.05, 0.1) is 0 Å². The summed E-state index contributed by atoms with van der Waals surface area (Å²) in [4.78, 5) is 14.5. The molecule has 0 radical (unpaired) electrons. The molecule has 0 aliphatic carbocycles. The smallest absolute Gasteiger partial charge is 0.225 e. The first-order valence-electron chi connectivity index (χ1n) is 7.02. The standard InChI is InChI=1S/C14H26ClNO/c1-4-6-7-12(5-2)14(17)16-9-8-11(3)13(16)10-15/h11-13H,4-10H2,1-3H3. The van der Waals surface area contributed by atoms with E-state index >= 15 is 0 Å². The van der Waals surface area contributed by atoms with E-state index in [9.17, 15) is 4.79 Å². The van der Waals surface area contributed by atoms with E-state index in [-0.39, 0.29) is 12.0 Å². The van der Waals surface area contributed by atoms with Crippen LogP contribution in [-0.4, -0.2) is 29.3 Å². The van der Waals surface area contributed by atoms with Crippen molar-refractivity contribution in [3.63, 3.8) is 0 Å². The minimum atomic E-state index is 0.214. The summed E-state index contributed by atoms with van der Waals surface area (Å²) in [6.07, 6.45) is 5.41. The highest BCUT2D eigenvalue weighted by molar-refractivity contribution is 6.18. The molecule has 3 heteroatoms. The summed E-state index contributed by atoms with van der Waals surface area (Å²) in [5.41, 5.74) is 0. The maximum Gasteiger partial charge on any atom is 0.225 e. The molecule has 3 atom stereocenters. The van der Waals surface area contributed by atoms with Gasteiger partial charge in [-0.2, -0.15) is 0 Å². The number of alkyl halides is 1. The van der Waals surface area contributed by atoms with Crippen LogP contribution in [0.25, 0.3) is 0 Å². The van der Waals surface area contributed by atoms with Crippen molar-refractivity contribution in [3.8, 4) is 0 Å². The lowest BCUT2D eigenvalue weighted by Crippen LogP contribution is -2.42. The van der Waals surface area contributed by atoms with Crippen molar-refractivity contribution >= 4 is 17.5 Å². The molecule has 1 fully saturated rings. The van der Waals surface area contributed by atoms with Gasteiger partial charge < -0.3 is 4.90 Å². The first-order chi connectivity index (χ1) is 8.15. The predicted molar refractivity (Wildman–Crippen MR) is 73.3 cm³/mol. The molecule has 3 unspecified atom stereocenters. The Morgan fingerprint density at radius 3 is 2.71 bits per heavy atom. The second-order valence-corrected chi connectivity index (χ2v) is 5.58. The molecule has 1 aliphatic rings. The number of carbonyl (C=O) groups excluding carboxylic acids is 1. The lowest BCUT2D eigenvalue weighted by atomic mass is 9.97. The Bertz CT molecular complexity index is 244. The normalized spacial score (nSPS) is 26.2. The van der Waals surface area contributed by atoms with E-state index in [0.29, 0.717) is 17.7 Å². The van der Waals surface area contributed by atoms with Crippen molar-refractivity contribution < 1.29 is 4.79 Å². The third-order valence-corrected chi connectivity index (χ3v) is 4.39. The van der Waals surface area contributed by atoms with Crippen LogP contribution in [0.1, 0.15) is 52.9 Å².